The molecule has 24 heavy (non-hydrogen) atoms. The summed E-state index contributed by atoms with van der Waals surface area (Å²) in [6.45, 7) is 1.93. The standard InChI is InChI=1S/C20H20N2O2/c23-14-22-16-7-5-15(6-8-16)18-13-20(9-11-21-12-10-20)24-19-4-2-1-3-17(18)19/h1-8,13-14,21H,9-12H2,(H,22,23). The SMILES string of the molecule is O=CNc1ccc(C2=CC3(CCNCC3)Oc3ccccc32)cc1. The van der Waals surface area contributed by atoms with E-state index in [1.54, 1.807) is 0 Å². The van der Waals surface area contributed by atoms with Crippen LogP contribution in [0.25, 0.3) is 5.57 Å². The van der Waals surface area contributed by atoms with Gasteiger partial charge in [0, 0.05) is 24.1 Å². The summed E-state index contributed by atoms with van der Waals surface area (Å²) in [4.78, 5) is 10.6. The molecule has 2 heterocycles. The van der Waals surface area contributed by atoms with Crippen molar-refractivity contribution < 1.29 is 9.53 Å². The zero-order chi connectivity index (χ0) is 16.4. The van der Waals surface area contributed by atoms with Gasteiger partial charge in [-0.1, -0.05) is 30.3 Å². The van der Waals surface area contributed by atoms with Gasteiger partial charge in [0.05, 0.1) is 0 Å². The zero-order valence-electron chi connectivity index (χ0n) is 13.4. The molecule has 0 bridgehead atoms. The van der Waals surface area contributed by atoms with Gasteiger partial charge in [-0.05, 0) is 48.5 Å². The van der Waals surface area contributed by atoms with E-state index >= 15 is 0 Å². The molecule has 4 nitrogen and oxygen atoms in total. The number of nitrogens with one attached hydrogen (secondary N) is 2. The third-order valence-corrected chi connectivity index (χ3v) is 4.77. The molecule has 0 aromatic heterocycles. The Morgan fingerprint density at radius 2 is 1.79 bits per heavy atom. The topological polar surface area (TPSA) is 50.4 Å². The molecule has 1 saturated heterocycles. The zero-order valence-corrected chi connectivity index (χ0v) is 13.4. The van der Waals surface area contributed by atoms with Crippen molar-refractivity contribution in [2.24, 2.45) is 0 Å². The summed E-state index contributed by atoms with van der Waals surface area (Å²) in [5, 5.41) is 6.09. The number of amides is 1. The van der Waals surface area contributed by atoms with E-state index < -0.39 is 0 Å². The predicted molar refractivity (Wildman–Crippen MR) is 95.1 cm³/mol. The van der Waals surface area contributed by atoms with E-state index in [4.69, 9.17) is 4.74 Å². The smallest absolute Gasteiger partial charge is 0.211 e. The summed E-state index contributed by atoms with van der Waals surface area (Å²) in [6, 6.07) is 16.2. The first-order valence-corrected chi connectivity index (χ1v) is 8.32. The number of piperidine rings is 1. The molecule has 0 saturated carbocycles. The number of anilines is 1. The molecule has 1 spiro atoms. The molecule has 2 aliphatic heterocycles. The highest BCUT2D eigenvalue weighted by Gasteiger charge is 2.36. The number of hydrogen-bond acceptors (Lipinski definition) is 3. The van der Waals surface area contributed by atoms with Crippen LogP contribution in [0.15, 0.2) is 54.6 Å². The van der Waals surface area contributed by atoms with E-state index in [2.05, 4.69) is 41.0 Å². The van der Waals surface area contributed by atoms with Crippen molar-refractivity contribution in [3.05, 3.63) is 65.7 Å². The van der Waals surface area contributed by atoms with Crippen LogP contribution in [0.4, 0.5) is 5.69 Å². The van der Waals surface area contributed by atoms with Crippen molar-refractivity contribution in [1.29, 1.82) is 0 Å². The van der Waals surface area contributed by atoms with E-state index in [-0.39, 0.29) is 5.60 Å². The molecule has 0 radical (unpaired) electrons. The van der Waals surface area contributed by atoms with E-state index in [1.807, 2.05) is 24.3 Å². The summed E-state index contributed by atoms with van der Waals surface area (Å²) in [6.07, 6.45) is 4.92. The first kappa shape index (κ1) is 15.0. The maximum Gasteiger partial charge on any atom is 0.211 e. The van der Waals surface area contributed by atoms with Gasteiger partial charge < -0.3 is 15.4 Å². The van der Waals surface area contributed by atoms with Gasteiger partial charge in [0.25, 0.3) is 0 Å². The second-order valence-electron chi connectivity index (χ2n) is 6.31. The Hall–Kier alpha value is -2.59. The summed E-state index contributed by atoms with van der Waals surface area (Å²) in [5.74, 6) is 0.951. The number of benzene rings is 2. The second-order valence-corrected chi connectivity index (χ2v) is 6.31. The highest BCUT2D eigenvalue weighted by molar-refractivity contribution is 5.85. The van der Waals surface area contributed by atoms with Crippen LogP contribution in [0.3, 0.4) is 0 Å². The first-order valence-electron chi connectivity index (χ1n) is 8.32. The van der Waals surface area contributed by atoms with Gasteiger partial charge in [-0.15, -0.1) is 0 Å². The van der Waals surface area contributed by atoms with E-state index in [1.165, 1.54) is 5.57 Å². The van der Waals surface area contributed by atoms with Crippen LogP contribution in [0.1, 0.15) is 24.0 Å². The third kappa shape index (κ3) is 2.69. The Morgan fingerprint density at radius 3 is 2.54 bits per heavy atom. The van der Waals surface area contributed by atoms with Crippen molar-refractivity contribution in [2.45, 2.75) is 18.4 Å². The van der Waals surface area contributed by atoms with Crippen LogP contribution in [-0.4, -0.2) is 25.1 Å². The molecule has 122 valence electrons. The first-order chi connectivity index (χ1) is 11.8. The van der Waals surface area contributed by atoms with Gasteiger partial charge in [-0.2, -0.15) is 0 Å². The second kappa shape index (κ2) is 6.13. The molecule has 4 heteroatoms. The molecular weight excluding hydrogens is 300 g/mol. The lowest BCUT2D eigenvalue weighted by Crippen LogP contribution is -2.46. The van der Waals surface area contributed by atoms with Crippen LogP contribution < -0.4 is 15.4 Å². The summed E-state index contributed by atoms with van der Waals surface area (Å²) in [5.41, 5.74) is 4.04. The van der Waals surface area contributed by atoms with Crippen molar-refractivity contribution in [1.82, 2.24) is 5.32 Å². The van der Waals surface area contributed by atoms with Gasteiger partial charge in [0.1, 0.15) is 11.4 Å². The molecule has 2 aromatic rings. The summed E-state index contributed by atoms with van der Waals surface area (Å²) in [7, 11) is 0. The van der Waals surface area contributed by atoms with E-state index in [9.17, 15) is 4.79 Å². The fourth-order valence-electron chi connectivity index (χ4n) is 3.52. The largest absolute Gasteiger partial charge is 0.482 e. The number of rotatable bonds is 3. The predicted octanol–water partition coefficient (Wildman–Crippen LogP) is 3.20. The van der Waals surface area contributed by atoms with Crippen molar-refractivity contribution in [2.75, 3.05) is 18.4 Å². The Bertz CT molecular complexity index is 774. The number of carbonyl (C=O) groups excluding carboxylic acids is 1. The maximum absolute atomic E-state index is 10.6. The minimum Gasteiger partial charge on any atom is -0.482 e. The Labute approximate surface area is 141 Å². The van der Waals surface area contributed by atoms with Crippen molar-refractivity contribution in [3.63, 3.8) is 0 Å². The monoisotopic (exact) mass is 320 g/mol. The van der Waals surface area contributed by atoms with Crippen LogP contribution in [-0.2, 0) is 4.79 Å². The molecule has 0 atom stereocenters. The molecule has 2 aromatic carbocycles. The van der Waals surface area contributed by atoms with Gasteiger partial charge >= 0.3 is 0 Å². The Kier molecular flexibility index (Phi) is 3.82. The number of carbonyl (C=O) groups is 1. The summed E-state index contributed by atoms with van der Waals surface area (Å²) >= 11 is 0. The minimum absolute atomic E-state index is 0.228. The lowest BCUT2D eigenvalue weighted by Gasteiger charge is -2.40. The lowest BCUT2D eigenvalue weighted by molar-refractivity contribution is -0.105. The molecule has 0 aliphatic carbocycles. The molecule has 1 fully saturated rings. The van der Waals surface area contributed by atoms with Crippen LogP contribution >= 0.6 is 0 Å². The van der Waals surface area contributed by atoms with Crippen molar-refractivity contribution in [3.8, 4) is 5.75 Å². The minimum atomic E-state index is -0.228. The quantitative estimate of drug-likeness (QED) is 0.854. The summed E-state index contributed by atoms with van der Waals surface area (Å²) < 4.78 is 6.40. The maximum atomic E-state index is 10.6. The number of fused-ring (bicyclic) bond motifs is 1. The fourth-order valence-corrected chi connectivity index (χ4v) is 3.52. The van der Waals surface area contributed by atoms with Gasteiger partial charge in [-0.25, -0.2) is 0 Å². The van der Waals surface area contributed by atoms with Crippen LogP contribution in [0, 0.1) is 0 Å². The molecular formula is C20H20N2O2. The molecule has 1 amide bonds. The average Bonchev–Trinajstić information content (AvgIpc) is 2.63. The lowest BCUT2D eigenvalue weighted by atomic mass is 9.83. The molecule has 2 N–H and O–H groups in total. The molecule has 2 aliphatic rings. The fraction of sp³-hybridized carbons (Fsp3) is 0.250. The average molecular weight is 320 g/mol. The van der Waals surface area contributed by atoms with Crippen LogP contribution in [0.5, 0.6) is 5.75 Å². The Balaban J connectivity index is 1.78. The van der Waals surface area contributed by atoms with E-state index in [0.717, 1.165) is 48.5 Å². The Morgan fingerprint density at radius 1 is 1.04 bits per heavy atom. The van der Waals surface area contributed by atoms with Gasteiger partial charge in [0.2, 0.25) is 6.41 Å². The highest BCUT2D eigenvalue weighted by atomic mass is 16.5. The van der Waals surface area contributed by atoms with Gasteiger partial charge in [-0.3, -0.25) is 4.79 Å². The highest BCUT2D eigenvalue weighted by Crippen LogP contribution is 2.42. The third-order valence-electron chi connectivity index (χ3n) is 4.77. The number of hydrogen-bond donors (Lipinski definition) is 2. The normalized spacial score (nSPS) is 18.2. The molecule has 4 rings (SSSR count). The van der Waals surface area contributed by atoms with E-state index in [0.29, 0.717) is 6.41 Å². The molecule has 0 unspecified atom stereocenters. The van der Waals surface area contributed by atoms with Crippen molar-refractivity contribution >= 4 is 17.7 Å². The van der Waals surface area contributed by atoms with Gasteiger partial charge in [0.15, 0.2) is 0 Å². The number of ether oxygens (including phenoxy) is 1. The number of para-hydroxylation sites is 1. The van der Waals surface area contributed by atoms with Crippen LogP contribution in [0.2, 0.25) is 0 Å².